The molecular weight excluding hydrogens is 354 g/mol. The average Bonchev–Trinajstić information content (AvgIpc) is 3.12. The number of ketones is 1. The first kappa shape index (κ1) is 18.4. The molecule has 1 unspecified atom stereocenters. The number of thiophene rings is 1. The molecule has 0 saturated carbocycles. The first-order valence-corrected chi connectivity index (χ1v) is 10.8. The third-order valence-corrected chi connectivity index (χ3v) is 6.23. The van der Waals surface area contributed by atoms with Crippen molar-refractivity contribution >= 4 is 40.6 Å². The van der Waals surface area contributed by atoms with E-state index in [0.717, 1.165) is 46.9 Å². The maximum atomic E-state index is 12.8. The fourth-order valence-corrected chi connectivity index (χ4v) is 4.75. The third kappa shape index (κ3) is 3.90. The number of esters is 1. The first-order valence-electron chi connectivity index (χ1n) is 8.71. The zero-order chi connectivity index (χ0) is 17.8. The summed E-state index contributed by atoms with van der Waals surface area (Å²) in [6.45, 7) is 4.37. The number of hydrogen-bond donors (Lipinski definition) is 0. The van der Waals surface area contributed by atoms with Gasteiger partial charge in [-0.15, -0.1) is 0 Å². The number of aliphatic imine (C=N–C) groups is 1. The SMILES string of the molecule is CCSCCOC(=O)C1C(C)=NC2=C(C(=O)CCC2)[C@@H]1c1ccsc1. The van der Waals surface area contributed by atoms with Gasteiger partial charge >= 0.3 is 5.97 Å². The van der Waals surface area contributed by atoms with Crippen molar-refractivity contribution in [1.29, 1.82) is 0 Å². The molecule has 1 aromatic rings. The van der Waals surface area contributed by atoms with Crippen molar-refractivity contribution in [3.63, 3.8) is 0 Å². The van der Waals surface area contributed by atoms with Crippen LogP contribution < -0.4 is 0 Å². The van der Waals surface area contributed by atoms with Crippen LogP contribution in [0.15, 0.2) is 33.1 Å². The minimum absolute atomic E-state index is 0.132. The van der Waals surface area contributed by atoms with Crippen molar-refractivity contribution in [3.05, 3.63) is 33.7 Å². The van der Waals surface area contributed by atoms with Crippen LogP contribution in [-0.2, 0) is 14.3 Å². The lowest BCUT2D eigenvalue weighted by atomic mass is 9.72. The van der Waals surface area contributed by atoms with Crippen LogP contribution in [0.25, 0.3) is 0 Å². The number of allylic oxidation sites excluding steroid dienone is 2. The molecular formula is C19H23NO3S2. The van der Waals surface area contributed by atoms with Gasteiger partial charge in [-0.05, 0) is 47.9 Å². The average molecular weight is 378 g/mol. The first-order chi connectivity index (χ1) is 12.1. The predicted octanol–water partition coefficient (Wildman–Crippen LogP) is 4.23. The van der Waals surface area contributed by atoms with E-state index < -0.39 is 5.92 Å². The number of rotatable bonds is 6. The molecule has 2 heterocycles. The van der Waals surface area contributed by atoms with E-state index in [0.29, 0.717) is 13.0 Å². The molecule has 0 amide bonds. The van der Waals surface area contributed by atoms with Crippen molar-refractivity contribution in [2.75, 3.05) is 18.1 Å². The number of Topliss-reactive ketones (excluding diaryl/α,β-unsaturated/α-hetero) is 1. The maximum absolute atomic E-state index is 12.8. The highest BCUT2D eigenvalue weighted by molar-refractivity contribution is 7.99. The molecule has 0 radical (unpaired) electrons. The Morgan fingerprint density at radius 2 is 2.28 bits per heavy atom. The van der Waals surface area contributed by atoms with Crippen LogP contribution in [-0.4, -0.2) is 35.6 Å². The quantitative estimate of drug-likeness (QED) is 0.550. The van der Waals surface area contributed by atoms with Gasteiger partial charge in [0.05, 0.1) is 0 Å². The number of hydrogen-bond acceptors (Lipinski definition) is 6. The summed E-state index contributed by atoms with van der Waals surface area (Å²) >= 11 is 3.33. The normalized spacial score (nSPS) is 23.3. The maximum Gasteiger partial charge on any atom is 0.315 e. The minimum atomic E-state index is -0.498. The monoisotopic (exact) mass is 377 g/mol. The predicted molar refractivity (Wildman–Crippen MR) is 104 cm³/mol. The van der Waals surface area contributed by atoms with E-state index in [1.807, 2.05) is 23.8 Å². The second-order valence-corrected chi connectivity index (χ2v) is 8.44. The van der Waals surface area contributed by atoms with E-state index in [2.05, 4.69) is 11.9 Å². The summed E-state index contributed by atoms with van der Waals surface area (Å²) in [6.07, 6.45) is 2.20. The van der Waals surface area contributed by atoms with Crippen LogP contribution >= 0.6 is 23.1 Å². The van der Waals surface area contributed by atoms with E-state index >= 15 is 0 Å². The Bertz CT molecular complexity index is 706. The molecule has 2 atom stereocenters. The zero-order valence-corrected chi connectivity index (χ0v) is 16.3. The number of thioether (sulfide) groups is 1. The summed E-state index contributed by atoms with van der Waals surface area (Å²) in [7, 11) is 0. The Morgan fingerprint density at radius 1 is 1.44 bits per heavy atom. The Hall–Kier alpha value is -1.40. The molecule has 0 saturated heterocycles. The Balaban J connectivity index is 1.91. The van der Waals surface area contributed by atoms with Gasteiger partial charge < -0.3 is 4.74 Å². The summed E-state index contributed by atoms with van der Waals surface area (Å²) in [4.78, 5) is 30.1. The molecule has 25 heavy (non-hydrogen) atoms. The van der Waals surface area contributed by atoms with Gasteiger partial charge in [-0.25, -0.2) is 0 Å². The van der Waals surface area contributed by atoms with Gasteiger partial charge in [0.2, 0.25) is 0 Å². The minimum Gasteiger partial charge on any atom is -0.464 e. The van der Waals surface area contributed by atoms with Crippen molar-refractivity contribution in [2.24, 2.45) is 10.9 Å². The van der Waals surface area contributed by atoms with Gasteiger partial charge in [-0.3, -0.25) is 14.6 Å². The molecule has 1 aliphatic heterocycles. The molecule has 1 aliphatic carbocycles. The van der Waals surface area contributed by atoms with Crippen molar-refractivity contribution in [2.45, 2.75) is 39.0 Å². The number of carbonyl (C=O) groups excluding carboxylic acids is 2. The van der Waals surface area contributed by atoms with Crippen molar-refractivity contribution in [3.8, 4) is 0 Å². The number of ether oxygens (including phenoxy) is 1. The van der Waals surface area contributed by atoms with Gasteiger partial charge in [0.25, 0.3) is 0 Å². The van der Waals surface area contributed by atoms with E-state index in [-0.39, 0.29) is 17.7 Å². The van der Waals surface area contributed by atoms with E-state index in [9.17, 15) is 9.59 Å². The second-order valence-electron chi connectivity index (χ2n) is 6.27. The van der Waals surface area contributed by atoms with E-state index in [4.69, 9.17) is 4.74 Å². The van der Waals surface area contributed by atoms with E-state index in [1.165, 1.54) is 0 Å². The molecule has 134 valence electrons. The highest BCUT2D eigenvalue weighted by Gasteiger charge is 2.43. The van der Waals surface area contributed by atoms with Gasteiger partial charge in [-0.1, -0.05) is 6.92 Å². The van der Waals surface area contributed by atoms with Crippen LogP contribution in [0.2, 0.25) is 0 Å². The Labute approximate surface area is 156 Å². The molecule has 3 rings (SSSR count). The largest absolute Gasteiger partial charge is 0.464 e. The van der Waals surface area contributed by atoms with Crippen molar-refractivity contribution < 1.29 is 14.3 Å². The van der Waals surface area contributed by atoms with Gasteiger partial charge in [0.1, 0.15) is 12.5 Å². The topological polar surface area (TPSA) is 55.7 Å². The highest BCUT2D eigenvalue weighted by atomic mass is 32.2. The van der Waals surface area contributed by atoms with Crippen LogP contribution in [0.3, 0.4) is 0 Å². The molecule has 0 N–H and O–H groups in total. The molecule has 6 heteroatoms. The zero-order valence-electron chi connectivity index (χ0n) is 14.6. The van der Waals surface area contributed by atoms with Crippen molar-refractivity contribution in [1.82, 2.24) is 0 Å². The Kier molecular flexibility index (Phi) is 6.12. The van der Waals surface area contributed by atoms with Crippen LogP contribution in [0.1, 0.15) is 44.6 Å². The highest BCUT2D eigenvalue weighted by Crippen LogP contribution is 2.44. The third-order valence-electron chi connectivity index (χ3n) is 4.67. The standard InChI is InChI=1S/C19H23NO3S2/c1-3-24-10-8-23-19(22)16-12(2)20-14-5-4-6-15(21)18(14)17(16)13-7-9-25-11-13/h7,9,11,16-17H,3-6,8,10H2,1-2H3/t16?,17-/m1/s1. The molecule has 4 nitrogen and oxygen atoms in total. The van der Waals surface area contributed by atoms with Crippen LogP contribution in [0, 0.1) is 5.92 Å². The lowest BCUT2D eigenvalue weighted by molar-refractivity contribution is -0.145. The van der Waals surface area contributed by atoms with Gasteiger partial charge in [0, 0.05) is 35.1 Å². The summed E-state index contributed by atoms with van der Waals surface area (Å²) in [5.74, 6) is 0.914. The molecule has 2 aliphatic rings. The van der Waals surface area contributed by atoms with E-state index in [1.54, 1.807) is 23.1 Å². The second kappa shape index (κ2) is 8.32. The smallest absolute Gasteiger partial charge is 0.315 e. The molecule has 0 aromatic carbocycles. The summed E-state index contributed by atoms with van der Waals surface area (Å²) in [6, 6.07) is 2.01. The Morgan fingerprint density at radius 3 is 3.00 bits per heavy atom. The van der Waals surface area contributed by atoms with Crippen LogP contribution in [0.5, 0.6) is 0 Å². The number of nitrogens with zero attached hydrogens (tertiary/aromatic N) is 1. The lowest BCUT2D eigenvalue weighted by Crippen LogP contribution is -2.37. The fraction of sp³-hybridized carbons (Fsp3) is 0.526. The molecule has 0 bridgehead atoms. The number of carbonyl (C=O) groups is 2. The summed E-state index contributed by atoms with van der Waals surface area (Å²) in [5, 5.41) is 4.02. The lowest BCUT2D eigenvalue weighted by Gasteiger charge is -2.33. The summed E-state index contributed by atoms with van der Waals surface area (Å²) in [5.41, 5.74) is 3.39. The van der Waals surface area contributed by atoms with Gasteiger partial charge in [-0.2, -0.15) is 23.1 Å². The molecule has 1 aromatic heterocycles. The van der Waals surface area contributed by atoms with Crippen LogP contribution in [0.4, 0.5) is 0 Å². The molecule has 0 fully saturated rings. The fourth-order valence-electron chi connectivity index (χ4n) is 3.56. The summed E-state index contributed by atoms with van der Waals surface area (Å²) < 4.78 is 5.53. The van der Waals surface area contributed by atoms with Gasteiger partial charge in [0.15, 0.2) is 5.78 Å². The molecule has 0 spiro atoms.